The van der Waals surface area contributed by atoms with E-state index in [1.165, 1.54) is 0 Å². The van der Waals surface area contributed by atoms with Crippen molar-refractivity contribution in [3.63, 3.8) is 0 Å². The van der Waals surface area contributed by atoms with Gasteiger partial charge >= 0.3 is 0 Å². The van der Waals surface area contributed by atoms with E-state index in [4.69, 9.17) is 38.4 Å². The summed E-state index contributed by atoms with van der Waals surface area (Å²) in [5.41, 5.74) is 7.84. The molecule has 2 N–H and O–H groups in total. The first-order chi connectivity index (χ1) is 20.3. The largest absolute Gasteiger partial charge is 0.496 e. The van der Waals surface area contributed by atoms with Gasteiger partial charge in [-0.05, 0) is 80.1 Å². The number of carbonyl (C=O) groups excluding carboxylic acids is 2. The van der Waals surface area contributed by atoms with Crippen LogP contribution in [0.15, 0.2) is 66.7 Å². The van der Waals surface area contributed by atoms with Gasteiger partial charge in [0.25, 0.3) is 5.91 Å². The molecule has 222 valence electrons. The van der Waals surface area contributed by atoms with Crippen molar-refractivity contribution >= 4 is 35.0 Å². The molecular formula is C33H37Cl2N3O4. The van der Waals surface area contributed by atoms with Crippen LogP contribution in [0, 0.1) is 5.92 Å². The number of hydrogen-bond acceptors (Lipinski definition) is 5. The lowest BCUT2D eigenvalue weighted by Crippen LogP contribution is -2.54. The number of hydrogen-bond donors (Lipinski definition) is 1. The monoisotopic (exact) mass is 609 g/mol. The maximum absolute atomic E-state index is 13.8. The van der Waals surface area contributed by atoms with Crippen LogP contribution in [-0.4, -0.2) is 68.1 Å². The summed E-state index contributed by atoms with van der Waals surface area (Å²) >= 11 is 12.6. The fraction of sp³-hybridized carbons (Fsp3) is 0.394. The highest BCUT2D eigenvalue weighted by Gasteiger charge is 2.44. The van der Waals surface area contributed by atoms with Gasteiger partial charge in [0.05, 0.1) is 29.7 Å². The minimum absolute atomic E-state index is 0.101. The van der Waals surface area contributed by atoms with Gasteiger partial charge in [0, 0.05) is 19.1 Å². The average molecular weight is 611 g/mol. The van der Waals surface area contributed by atoms with Crippen LogP contribution in [0.4, 0.5) is 0 Å². The Kier molecular flexibility index (Phi) is 9.31. The molecule has 0 bridgehead atoms. The maximum atomic E-state index is 13.8. The number of benzene rings is 3. The molecule has 7 nitrogen and oxygen atoms in total. The molecule has 0 aliphatic carbocycles. The highest BCUT2D eigenvalue weighted by molar-refractivity contribution is 6.42. The number of ether oxygens (including phenoxy) is 2. The van der Waals surface area contributed by atoms with Crippen molar-refractivity contribution in [1.82, 2.24) is 9.80 Å². The summed E-state index contributed by atoms with van der Waals surface area (Å²) in [5, 5.41) is 1.04. The third-order valence-electron chi connectivity index (χ3n) is 9.05. The number of primary amides is 1. The van der Waals surface area contributed by atoms with Crippen LogP contribution in [0.25, 0.3) is 0 Å². The van der Waals surface area contributed by atoms with E-state index in [9.17, 15) is 9.59 Å². The molecule has 2 aliphatic rings. The molecule has 2 unspecified atom stereocenters. The fourth-order valence-corrected chi connectivity index (χ4v) is 7.00. The first kappa shape index (κ1) is 30.2. The number of piperidine rings is 1. The van der Waals surface area contributed by atoms with E-state index in [0.29, 0.717) is 66.1 Å². The summed E-state index contributed by atoms with van der Waals surface area (Å²) in [4.78, 5) is 31.0. The van der Waals surface area contributed by atoms with Crippen molar-refractivity contribution in [3.05, 3.63) is 93.5 Å². The Balaban J connectivity index is 1.40. The zero-order chi connectivity index (χ0) is 29.9. The molecule has 0 spiro atoms. The van der Waals surface area contributed by atoms with Gasteiger partial charge in [0.15, 0.2) is 0 Å². The average Bonchev–Trinajstić information content (AvgIpc) is 3.51. The van der Waals surface area contributed by atoms with Gasteiger partial charge in [-0.1, -0.05) is 65.7 Å². The van der Waals surface area contributed by atoms with E-state index in [2.05, 4.69) is 4.90 Å². The molecule has 0 saturated carbocycles. The van der Waals surface area contributed by atoms with Gasteiger partial charge in [0.1, 0.15) is 17.1 Å². The van der Waals surface area contributed by atoms with E-state index >= 15 is 0 Å². The molecule has 2 heterocycles. The van der Waals surface area contributed by atoms with Gasteiger partial charge in [-0.2, -0.15) is 0 Å². The van der Waals surface area contributed by atoms with E-state index in [1.807, 2.05) is 59.5 Å². The summed E-state index contributed by atoms with van der Waals surface area (Å²) in [6, 6.07) is 21.1. The second-order valence-corrected chi connectivity index (χ2v) is 12.0. The molecule has 0 radical (unpaired) electrons. The van der Waals surface area contributed by atoms with E-state index in [1.54, 1.807) is 26.4 Å². The van der Waals surface area contributed by atoms with Crippen LogP contribution in [-0.2, 0) is 16.6 Å². The summed E-state index contributed by atoms with van der Waals surface area (Å²) in [6.45, 7) is 2.66. The Morgan fingerprint density at radius 2 is 1.60 bits per heavy atom. The summed E-state index contributed by atoms with van der Waals surface area (Å²) < 4.78 is 11.0. The lowest BCUT2D eigenvalue weighted by Gasteiger charge is -2.45. The molecule has 2 fully saturated rings. The van der Waals surface area contributed by atoms with E-state index in [0.717, 1.165) is 24.0 Å². The van der Waals surface area contributed by atoms with Crippen molar-refractivity contribution in [2.24, 2.45) is 11.7 Å². The number of rotatable bonds is 9. The number of methoxy groups -OCH3 is 2. The van der Waals surface area contributed by atoms with Crippen molar-refractivity contribution in [3.8, 4) is 11.5 Å². The Morgan fingerprint density at radius 3 is 2.19 bits per heavy atom. The molecule has 42 heavy (non-hydrogen) atoms. The molecule has 2 aliphatic heterocycles. The van der Waals surface area contributed by atoms with Gasteiger partial charge in [-0.3, -0.25) is 14.5 Å². The minimum atomic E-state index is -0.690. The number of carbonyl (C=O) groups is 2. The summed E-state index contributed by atoms with van der Waals surface area (Å²) in [6.07, 6.45) is 2.87. The van der Waals surface area contributed by atoms with E-state index < -0.39 is 5.41 Å². The fourth-order valence-electron chi connectivity index (χ4n) is 6.68. The van der Waals surface area contributed by atoms with Crippen LogP contribution in [0.2, 0.25) is 10.0 Å². The lowest BCUT2D eigenvalue weighted by molar-refractivity contribution is -0.125. The first-order valence-electron chi connectivity index (χ1n) is 14.3. The van der Waals surface area contributed by atoms with Gasteiger partial charge in [0.2, 0.25) is 5.91 Å². The topological polar surface area (TPSA) is 85.1 Å². The Labute approximate surface area is 257 Å². The van der Waals surface area contributed by atoms with Crippen LogP contribution >= 0.6 is 23.2 Å². The highest BCUT2D eigenvalue weighted by Crippen LogP contribution is 2.39. The number of amides is 2. The van der Waals surface area contributed by atoms with Crippen LogP contribution < -0.4 is 15.2 Å². The molecule has 9 heteroatoms. The standard InChI is InChI=1S/C33H37Cl2N3O4/c1-41-28-9-6-10-29(42-2)30(28)31(39)38-16-13-23(21-38)27(20-22-11-12-25(34)26(35)19-22)37-17-14-33(15-18-37,32(36)40)24-7-4-3-5-8-24/h3-12,19,23,27H,13-18,20-21H2,1-2H3,(H2,36,40). The number of likely N-dealkylation sites (tertiary alicyclic amines) is 2. The Hall–Kier alpha value is -3.26. The molecule has 2 atom stereocenters. The zero-order valence-corrected chi connectivity index (χ0v) is 25.5. The minimum Gasteiger partial charge on any atom is -0.496 e. The quantitative estimate of drug-likeness (QED) is 0.341. The van der Waals surface area contributed by atoms with Gasteiger partial charge < -0.3 is 20.1 Å². The highest BCUT2D eigenvalue weighted by atomic mass is 35.5. The van der Waals surface area contributed by atoms with E-state index in [-0.39, 0.29) is 23.8 Å². The predicted octanol–water partition coefficient (Wildman–Crippen LogP) is 5.60. The molecule has 2 amide bonds. The number of halogens is 2. The predicted molar refractivity (Wildman–Crippen MR) is 166 cm³/mol. The number of nitrogens with zero attached hydrogens (tertiary/aromatic N) is 2. The Morgan fingerprint density at radius 1 is 0.929 bits per heavy atom. The summed E-state index contributed by atoms with van der Waals surface area (Å²) in [7, 11) is 3.12. The second-order valence-electron chi connectivity index (χ2n) is 11.2. The molecule has 2 saturated heterocycles. The Bertz CT molecular complexity index is 1400. The van der Waals surface area contributed by atoms with Crippen molar-refractivity contribution < 1.29 is 19.1 Å². The zero-order valence-electron chi connectivity index (χ0n) is 24.0. The molecule has 5 rings (SSSR count). The number of nitrogens with two attached hydrogens (primary N) is 1. The van der Waals surface area contributed by atoms with Crippen LogP contribution in [0.3, 0.4) is 0 Å². The maximum Gasteiger partial charge on any atom is 0.261 e. The first-order valence-corrected chi connectivity index (χ1v) is 15.1. The lowest BCUT2D eigenvalue weighted by atomic mass is 9.71. The summed E-state index contributed by atoms with van der Waals surface area (Å²) in [5.74, 6) is 0.819. The van der Waals surface area contributed by atoms with Gasteiger partial charge in [-0.25, -0.2) is 0 Å². The SMILES string of the molecule is COc1cccc(OC)c1C(=O)N1CCC(C(Cc2ccc(Cl)c(Cl)c2)N2CCC(C(N)=O)(c3ccccc3)CC2)C1. The van der Waals surface area contributed by atoms with Crippen LogP contribution in [0.5, 0.6) is 11.5 Å². The van der Waals surface area contributed by atoms with Gasteiger partial charge in [-0.15, -0.1) is 0 Å². The third-order valence-corrected chi connectivity index (χ3v) is 9.78. The van der Waals surface area contributed by atoms with Crippen LogP contribution in [0.1, 0.15) is 40.7 Å². The van der Waals surface area contributed by atoms with Crippen molar-refractivity contribution in [1.29, 1.82) is 0 Å². The van der Waals surface area contributed by atoms with Crippen molar-refractivity contribution in [2.45, 2.75) is 37.1 Å². The smallest absolute Gasteiger partial charge is 0.261 e. The second kappa shape index (κ2) is 12.9. The molecule has 3 aromatic carbocycles. The third kappa shape index (κ3) is 5.96. The normalized spacial score (nSPS) is 19.3. The molecule has 3 aromatic rings. The molecular weight excluding hydrogens is 573 g/mol. The molecule has 0 aromatic heterocycles. The van der Waals surface area contributed by atoms with Crippen molar-refractivity contribution in [2.75, 3.05) is 40.4 Å².